The van der Waals surface area contributed by atoms with E-state index in [1.165, 1.54) is 7.11 Å². The van der Waals surface area contributed by atoms with E-state index in [0.717, 1.165) is 11.1 Å². The summed E-state index contributed by atoms with van der Waals surface area (Å²) in [5.74, 6) is -0.247. The first-order chi connectivity index (χ1) is 7.77. The summed E-state index contributed by atoms with van der Waals surface area (Å²) in [6.07, 6.45) is 4.69. The molecule has 3 nitrogen and oxygen atoms in total. The molecule has 1 aromatic rings. The molecule has 86 valence electrons. The number of aliphatic hydroxyl groups is 1. The fourth-order valence-corrected chi connectivity index (χ4v) is 1.37. The van der Waals surface area contributed by atoms with Gasteiger partial charge in [-0.1, -0.05) is 36.4 Å². The summed E-state index contributed by atoms with van der Waals surface area (Å²) in [5.41, 5.74) is 1.92. The minimum Gasteiger partial charge on any atom is -0.469 e. The Bertz CT molecular complexity index is 369. The Kier molecular flexibility index (Phi) is 5.29. The molecule has 0 atom stereocenters. The average molecular weight is 220 g/mol. The lowest BCUT2D eigenvalue weighted by molar-refractivity contribution is -0.139. The predicted molar refractivity (Wildman–Crippen MR) is 62.9 cm³/mol. The van der Waals surface area contributed by atoms with Crippen molar-refractivity contribution in [3.8, 4) is 0 Å². The van der Waals surface area contributed by atoms with E-state index in [4.69, 9.17) is 5.11 Å². The van der Waals surface area contributed by atoms with Gasteiger partial charge >= 0.3 is 5.97 Å². The number of hydrogen-bond acceptors (Lipinski definition) is 3. The van der Waals surface area contributed by atoms with Gasteiger partial charge in [-0.25, -0.2) is 0 Å². The van der Waals surface area contributed by atoms with Crippen LogP contribution in [0.4, 0.5) is 0 Å². The van der Waals surface area contributed by atoms with Crippen molar-refractivity contribution in [2.75, 3.05) is 13.7 Å². The Labute approximate surface area is 95.4 Å². The first-order valence-electron chi connectivity index (χ1n) is 5.20. The number of methoxy groups -OCH3 is 1. The van der Waals surface area contributed by atoms with Gasteiger partial charge < -0.3 is 9.84 Å². The minimum absolute atomic E-state index is 0.135. The van der Waals surface area contributed by atoms with Crippen LogP contribution >= 0.6 is 0 Å². The molecule has 0 spiro atoms. The zero-order valence-electron chi connectivity index (χ0n) is 9.35. The third-order valence-corrected chi connectivity index (χ3v) is 2.21. The van der Waals surface area contributed by atoms with Crippen LogP contribution in [0.1, 0.15) is 17.5 Å². The maximum absolute atomic E-state index is 11.2. The quantitative estimate of drug-likeness (QED) is 0.770. The number of rotatable bonds is 5. The number of carbonyl (C=O) groups excluding carboxylic acids is 1. The molecule has 0 saturated carbocycles. The fraction of sp³-hybridized carbons (Fsp3) is 0.308. The first-order valence-corrected chi connectivity index (χ1v) is 5.20. The van der Waals surface area contributed by atoms with Crippen molar-refractivity contribution in [3.05, 3.63) is 41.5 Å². The molecule has 0 heterocycles. The molecule has 1 aromatic carbocycles. The summed E-state index contributed by atoms with van der Waals surface area (Å²) >= 11 is 0. The lowest BCUT2D eigenvalue weighted by Gasteiger charge is -2.04. The minimum atomic E-state index is -0.247. The molecule has 16 heavy (non-hydrogen) atoms. The van der Waals surface area contributed by atoms with E-state index in [0.29, 0.717) is 6.42 Å². The predicted octanol–water partition coefficient (Wildman–Crippen LogP) is 1.80. The van der Waals surface area contributed by atoms with Crippen molar-refractivity contribution in [2.24, 2.45) is 0 Å². The van der Waals surface area contributed by atoms with Crippen LogP contribution in [0.5, 0.6) is 0 Å². The largest absolute Gasteiger partial charge is 0.469 e. The fourth-order valence-electron chi connectivity index (χ4n) is 1.37. The standard InChI is InChI=1S/C13H16O3/c1-16-13(15)10-12-8-3-2-6-11(12)7-4-5-9-14/h2-4,6-8,14H,5,9-10H2,1H3. The van der Waals surface area contributed by atoms with Crippen LogP contribution in [-0.2, 0) is 16.0 Å². The van der Waals surface area contributed by atoms with Crippen molar-refractivity contribution in [3.63, 3.8) is 0 Å². The summed E-state index contributed by atoms with van der Waals surface area (Å²) in [7, 11) is 1.38. The Hall–Kier alpha value is -1.61. The highest BCUT2D eigenvalue weighted by molar-refractivity contribution is 5.74. The molecule has 0 unspecified atom stereocenters. The molecule has 3 heteroatoms. The first kappa shape index (κ1) is 12.5. The summed E-state index contributed by atoms with van der Waals surface area (Å²) in [4.78, 5) is 11.2. The maximum Gasteiger partial charge on any atom is 0.309 e. The summed E-state index contributed by atoms with van der Waals surface area (Å²) in [5, 5.41) is 8.67. The SMILES string of the molecule is COC(=O)Cc1ccccc1C=CCCO. The number of carbonyl (C=O) groups is 1. The van der Waals surface area contributed by atoms with Crippen molar-refractivity contribution in [1.82, 2.24) is 0 Å². The molecule has 0 aliphatic heterocycles. The molecule has 0 amide bonds. The molecule has 1 N–H and O–H groups in total. The summed E-state index contributed by atoms with van der Waals surface area (Å²) < 4.78 is 4.63. The van der Waals surface area contributed by atoms with Crippen LogP contribution < -0.4 is 0 Å². The molecule has 0 aromatic heterocycles. The number of benzene rings is 1. The Balaban J connectivity index is 2.79. The van der Waals surface area contributed by atoms with Gasteiger partial charge in [-0.05, 0) is 17.5 Å². The van der Waals surface area contributed by atoms with Crippen molar-refractivity contribution >= 4 is 12.0 Å². The Morgan fingerprint density at radius 1 is 1.44 bits per heavy atom. The van der Waals surface area contributed by atoms with E-state index < -0.39 is 0 Å². The summed E-state index contributed by atoms with van der Waals surface area (Å²) in [6, 6.07) is 7.64. The van der Waals surface area contributed by atoms with E-state index in [1.54, 1.807) is 0 Å². The molecular weight excluding hydrogens is 204 g/mol. The number of esters is 1. The van der Waals surface area contributed by atoms with Gasteiger partial charge in [-0.15, -0.1) is 0 Å². The smallest absolute Gasteiger partial charge is 0.309 e. The zero-order valence-corrected chi connectivity index (χ0v) is 9.35. The Morgan fingerprint density at radius 2 is 2.19 bits per heavy atom. The highest BCUT2D eigenvalue weighted by Crippen LogP contribution is 2.12. The third kappa shape index (κ3) is 3.87. The Morgan fingerprint density at radius 3 is 2.88 bits per heavy atom. The molecule has 0 fully saturated rings. The van der Waals surface area contributed by atoms with Gasteiger partial charge in [0, 0.05) is 6.61 Å². The lowest BCUT2D eigenvalue weighted by Crippen LogP contribution is -2.05. The molecule has 0 radical (unpaired) electrons. The van der Waals surface area contributed by atoms with Gasteiger partial charge in [0.2, 0.25) is 0 Å². The monoisotopic (exact) mass is 220 g/mol. The number of ether oxygens (including phenoxy) is 1. The van der Waals surface area contributed by atoms with Gasteiger partial charge in [0.15, 0.2) is 0 Å². The van der Waals surface area contributed by atoms with Gasteiger partial charge in [-0.2, -0.15) is 0 Å². The molecule has 0 aliphatic carbocycles. The lowest BCUT2D eigenvalue weighted by atomic mass is 10.0. The molecule has 0 bridgehead atoms. The van der Waals surface area contributed by atoms with Gasteiger partial charge in [0.1, 0.15) is 0 Å². The van der Waals surface area contributed by atoms with Crippen LogP contribution in [0.2, 0.25) is 0 Å². The summed E-state index contributed by atoms with van der Waals surface area (Å²) in [6.45, 7) is 0.135. The second-order valence-electron chi connectivity index (χ2n) is 3.37. The zero-order chi connectivity index (χ0) is 11.8. The molecular formula is C13H16O3. The van der Waals surface area contributed by atoms with Gasteiger partial charge in [-0.3, -0.25) is 4.79 Å². The van der Waals surface area contributed by atoms with Gasteiger partial charge in [0.25, 0.3) is 0 Å². The van der Waals surface area contributed by atoms with Crippen LogP contribution in [0.15, 0.2) is 30.3 Å². The normalized spacial score (nSPS) is 10.6. The van der Waals surface area contributed by atoms with E-state index in [9.17, 15) is 4.79 Å². The highest BCUT2D eigenvalue weighted by Gasteiger charge is 2.05. The molecule has 0 saturated heterocycles. The number of aliphatic hydroxyl groups excluding tert-OH is 1. The van der Waals surface area contributed by atoms with E-state index in [2.05, 4.69) is 4.74 Å². The molecule has 0 aliphatic rings. The highest BCUT2D eigenvalue weighted by atomic mass is 16.5. The van der Waals surface area contributed by atoms with Gasteiger partial charge in [0.05, 0.1) is 13.5 Å². The van der Waals surface area contributed by atoms with E-state index in [-0.39, 0.29) is 19.0 Å². The van der Waals surface area contributed by atoms with Crippen LogP contribution in [0, 0.1) is 0 Å². The third-order valence-electron chi connectivity index (χ3n) is 2.21. The van der Waals surface area contributed by atoms with Crippen molar-refractivity contribution in [1.29, 1.82) is 0 Å². The van der Waals surface area contributed by atoms with Crippen molar-refractivity contribution < 1.29 is 14.6 Å². The van der Waals surface area contributed by atoms with Crippen molar-refractivity contribution in [2.45, 2.75) is 12.8 Å². The second kappa shape index (κ2) is 6.80. The topological polar surface area (TPSA) is 46.5 Å². The van der Waals surface area contributed by atoms with Crippen LogP contribution in [-0.4, -0.2) is 24.8 Å². The second-order valence-corrected chi connectivity index (χ2v) is 3.37. The number of hydrogen-bond donors (Lipinski definition) is 1. The maximum atomic E-state index is 11.2. The average Bonchev–Trinajstić information content (AvgIpc) is 2.31. The van der Waals surface area contributed by atoms with Crippen LogP contribution in [0.3, 0.4) is 0 Å². The van der Waals surface area contributed by atoms with E-state index in [1.807, 2.05) is 36.4 Å². The van der Waals surface area contributed by atoms with Crippen LogP contribution in [0.25, 0.3) is 6.08 Å². The van der Waals surface area contributed by atoms with E-state index >= 15 is 0 Å². The molecule has 1 rings (SSSR count).